The summed E-state index contributed by atoms with van der Waals surface area (Å²) in [4.78, 5) is 18.8. The van der Waals surface area contributed by atoms with E-state index in [1.54, 1.807) is 6.07 Å². The van der Waals surface area contributed by atoms with Crippen molar-refractivity contribution >= 4 is 29.8 Å². The molecule has 0 aliphatic heterocycles. The molecule has 1 saturated carbocycles. The topological polar surface area (TPSA) is 64.2 Å². The average Bonchev–Trinajstić information content (AvgIpc) is 3.29. The van der Waals surface area contributed by atoms with E-state index < -0.39 is 17.4 Å². The summed E-state index contributed by atoms with van der Waals surface area (Å²) in [7, 11) is 1.31. The number of H-pyrrole nitrogens is 1. The molecule has 0 bridgehead atoms. The second-order valence-electron chi connectivity index (χ2n) is 5.15. The van der Waals surface area contributed by atoms with Crippen LogP contribution in [0.4, 0.5) is 4.39 Å². The smallest absolute Gasteiger partial charge is 0.350 e. The summed E-state index contributed by atoms with van der Waals surface area (Å²) < 4.78 is 24.3. The van der Waals surface area contributed by atoms with Crippen molar-refractivity contribution in [1.82, 2.24) is 9.97 Å². The number of hydrogen-bond donors (Lipinski definition) is 1. The second-order valence-corrected chi connectivity index (χ2v) is 5.97. The molecule has 1 aromatic heterocycles. The van der Waals surface area contributed by atoms with Gasteiger partial charge in [0, 0.05) is 24.5 Å². The number of benzene rings is 1. The van der Waals surface area contributed by atoms with Gasteiger partial charge in [-0.3, -0.25) is 0 Å². The molecule has 1 fully saturated rings. The van der Waals surface area contributed by atoms with Gasteiger partial charge in [0.1, 0.15) is 16.3 Å². The molecule has 1 aliphatic rings. The standard InChI is InChI=1S/C15H12ClFN2O3S/c1-21-14(20)15(4-5-15)22-11-7-12(23)19-13(18-11)8-2-3-9(16)10(17)6-8/h2-3,6-7H,4-5H2,1H3,(H,18,19,23). The Morgan fingerprint density at radius 2 is 2.17 bits per heavy atom. The molecule has 2 aromatic rings. The van der Waals surface area contributed by atoms with E-state index in [1.807, 2.05) is 0 Å². The molecule has 5 nitrogen and oxygen atoms in total. The van der Waals surface area contributed by atoms with Crippen LogP contribution in [0, 0.1) is 10.5 Å². The molecule has 23 heavy (non-hydrogen) atoms. The van der Waals surface area contributed by atoms with Crippen LogP contribution in [0.3, 0.4) is 0 Å². The van der Waals surface area contributed by atoms with Gasteiger partial charge in [-0.1, -0.05) is 23.8 Å². The van der Waals surface area contributed by atoms with Gasteiger partial charge in [-0.25, -0.2) is 14.2 Å². The van der Waals surface area contributed by atoms with Gasteiger partial charge in [-0.15, -0.1) is 0 Å². The predicted molar refractivity (Wildman–Crippen MR) is 84.4 cm³/mol. The van der Waals surface area contributed by atoms with Gasteiger partial charge in [0.05, 0.1) is 12.1 Å². The summed E-state index contributed by atoms with van der Waals surface area (Å²) in [5, 5.41) is 0.0161. The molecule has 1 N–H and O–H groups in total. The summed E-state index contributed by atoms with van der Waals surface area (Å²) in [6.07, 6.45) is 1.13. The number of carbonyl (C=O) groups is 1. The van der Waals surface area contributed by atoms with E-state index in [4.69, 9.17) is 33.3 Å². The summed E-state index contributed by atoms with van der Waals surface area (Å²) in [5.41, 5.74) is -0.511. The van der Waals surface area contributed by atoms with E-state index in [0.717, 1.165) is 0 Å². The van der Waals surface area contributed by atoms with Gasteiger partial charge in [0.25, 0.3) is 0 Å². The van der Waals surface area contributed by atoms with Crippen LogP contribution in [0.15, 0.2) is 24.3 Å². The molecule has 0 unspecified atom stereocenters. The van der Waals surface area contributed by atoms with E-state index >= 15 is 0 Å². The first-order chi connectivity index (χ1) is 10.9. The highest BCUT2D eigenvalue weighted by molar-refractivity contribution is 7.71. The van der Waals surface area contributed by atoms with Crippen molar-refractivity contribution in [2.45, 2.75) is 18.4 Å². The van der Waals surface area contributed by atoms with Gasteiger partial charge >= 0.3 is 5.97 Å². The predicted octanol–water partition coefficient (Wildman–Crippen LogP) is 3.68. The first-order valence-electron chi connectivity index (χ1n) is 6.78. The molecule has 1 aromatic carbocycles. The first kappa shape index (κ1) is 15.9. The van der Waals surface area contributed by atoms with Gasteiger partial charge in [-0.2, -0.15) is 0 Å². The lowest BCUT2D eigenvalue weighted by atomic mass is 10.2. The Bertz CT molecular complexity index is 836. The van der Waals surface area contributed by atoms with Crippen molar-refractivity contribution < 1.29 is 18.7 Å². The molecular formula is C15H12ClFN2O3S. The van der Waals surface area contributed by atoms with Gasteiger partial charge < -0.3 is 14.5 Å². The average molecular weight is 355 g/mol. The van der Waals surface area contributed by atoms with E-state index in [9.17, 15) is 9.18 Å². The van der Waals surface area contributed by atoms with E-state index in [1.165, 1.54) is 25.3 Å². The highest BCUT2D eigenvalue weighted by atomic mass is 35.5. The number of aromatic amines is 1. The van der Waals surface area contributed by atoms with Crippen LogP contribution in [0.2, 0.25) is 5.02 Å². The van der Waals surface area contributed by atoms with Crippen LogP contribution in [0.1, 0.15) is 12.8 Å². The highest BCUT2D eigenvalue weighted by Gasteiger charge is 2.54. The van der Waals surface area contributed by atoms with Crippen molar-refractivity contribution in [3.8, 4) is 17.3 Å². The zero-order chi connectivity index (χ0) is 16.6. The van der Waals surface area contributed by atoms with Crippen LogP contribution in [-0.4, -0.2) is 28.6 Å². The van der Waals surface area contributed by atoms with Crippen molar-refractivity contribution in [3.05, 3.63) is 39.7 Å². The van der Waals surface area contributed by atoms with E-state index in [-0.39, 0.29) is 15.5 Å². The minimum atomic E-state index is -0.975. The molecule has 0 saturated heterocycles. The van der Waals surface area contributed by atoms with Crippen LogP contribution in [0.25, 0.3) is 11.4 Å². The fourth-order valence-electron chi connectivity index (χ4n) is 2.13. The fraction of sp³-hybridized carbons (Fsp3) is 0.267. The number of ether oxygens (including phenoxy) is 2. The lowest BCUT2D eigenvalue weighted by Crippen LogP contribution is -2.31. The summed E-state index contributed by atoms with van der Waals surface area (Å²) >= 11 is 10.8. The normalized spacial score (nSPS) is 15.1. The lowest BCUT2D eigenvalue weighted by molar-refractivity contribution is -0.151. The van der Waals surface area contributed by atoms with Crippen molar-refractivity contribution in [2.75, 3.05) is 7.11 Å². The Labute approximate surface area is 141 Å². The van der Waals surface area contributed by atoms with Crippen LogP contribution in [-0.2, 0) is 9.53 Å². The number of aromatic nitrogens is 2. The number of methoxy groups -OCH3 is 1. The molecule has 120 valence electrons. The zero-order valence-corrected chi connectivity index (χ0v) is 13.6. The Morgan fingerprint density at radius 3 is 2.78 bits per heavy atom. The minimum Gasteiger partial charge on any atom is -0.466 e. The summed E-state index contributed by atoms with van der Waals surface area (Å²) in [6.45, 7) is 0. The third-order valence-corrected chi connectivity index (χ3v) is 3.99. The number of nitrogens with one attached hydrogen (secondary N) is 1. The Morgan fingerprint density at radius 1 is 1.43 bits per heavy atom. The third-order valence-electron chi connectivity index (χ3n) is 3.48. The summed E-state index contributed by atoms with van der Waals surface area (Å²) in [6, 6.07) is 5.77. The molecule has 0 spiro atoms. The molecule has 1 aliphatic carbocycles. The Kier molecular flexibility index (Phi) is 4.08. The summed E-state index contributed by atoms with van der Waals surface area (Å²) in [5.74, 6) is -0.403. The quantitative estimate of drug-likeness (QED) is 0.670. The maximum atomic E-state index is 13.6. The Hall–Kier alpha value is -1.99. The van der Waals surface area contributed by atoms with Crippen LogP contribution in [0.5, 0.6) is 5.88 Å². The van der Waals surface area contributed by atoms with Gasteiger partial charge in [-0.05, 0) is 18.2 Å². The molecule has 3 rings (SSSR count). The number of nitrogens with zero attached hydrogens (tertiary/aromatic N) is 1. The molecule has 0 amide bonds. The van der Waals surface area contributed by atoms with Crippen LogP contribution >= 0.6 is 23.8 Å². The van der Waals surface area contributed by atoms with Crippen LogP contribution < -0.4 is 4.74 Å². The Balaban J connectivity index is 1.95. The third kappa shape index (κ3) is 3.20. The van der Waals surface area contributed by atoms with Gasteiger partial charge in [0.2, 0.25) is 5.60 Å². The van der Waals surface area contributed by atoms with Crippen molar-refractivity contribution in [2.24, 2.45) is 0 Å². The van der Waals surface area contributed by atoms with Gasteiger partial charge in [0.15, 0.2) is 5.88 Å². The zero-order valence-electron chi connectivity index (χ0n) is 12.1. The highest BCUT2D eigenvalue weighted by Crippen LogP contribution is 2.41. The molecular weight excluding hydrogens is 343 g/mol. The first-order valence-corrected chi connectivity index (χ1v) is 7.56. The van der Waals surface area contributed by atoms with Crippen molar-refractivity contribution in [1.29, 1.82) is 0 Å². The maximum Gasteiger partial charge on any atom is 0.350 e. The van der Waals surface area contributed by atoms with E-state index in [0.29, 0.717) is 24.2 Å². The number of halogens is 2. The van der Waals surface area contributed by atoms with Crippen molar-refractivity contribution in [3.63, 3.8) is 0 Å². The largest absolute Gasteiger partial charge is 0.466 e. The number of rotatable bonds is 4. The molecule has 8 heteroatoms. The number of esters is 1. The number of hydrogen-bond acceptors (Lipinski definition) is 5. The minimum absolute atomic E-state index is 0.0161. The number of carbonyl (C=O) groups excluding carboxylic acids is 1. The molecule has 0 radical (unpaired) electrons. The maximum absolute atomic E-state index is 13.6. The van der Waals surface area contributed by atoms with E-state index in [2.05, 4.69) is 9.97 Å². The SMILES string of the molecule is COC(=O)C1(Oc2cc(=S)nc(-c3ccc(Cl)c(F)c3)[nH]2)CC1. The lowest BCUT2D eigenvalue weighted by Gasteiger charge is -2.16. The molecule has 0 atom stereocenters. The molecule has 1 heterocycles. The monoisotopic (exact) mass is 354 g/mol. The fourth-order valence-corrected chi connectivity index (χ4v) is 2.44. The second kappa shape index (κ2) is 5.90.